The molecule has 0 aliphatic carbocycles. The summed E-state index contributed by atoms with van der Waals surface area (Å²) < 4.78 is 5.37. The Morgan fingerprint density at radius 2 is 1.74 bits per heavy atom. The van der Waals surface area contributed by atoms with Gasteiger partial charge in [0.2, 0.25) is 0 Å². The van der Waals surface area contributed by atoms with Gasteiger partial charge in [-0.05, 0) is 19.3 Å². The van der Waals surface area contributed by atoms with Gasteiger partial charge in [-0.3, -0.25) is 4.79 Å². The minimum Gasteiger partial charge on any atom is -0.465 e. The summed E-state index contributed by atoms with van der Waals surface area (Å²) >= 11 is 0. The number of aliphatic hydroxyl groups excluding tert-OH is 1. The molecule has 0 aromatic heterocycles. The maximum absolute atomic E-state index is 11.7. The molecule has 3 heteroatoms. The van der Waals surface area contributed by atoms with Crippen LogP contribution in [0.5, 0.6) is 0 Å². The molecule has 0 aromatic carbocycles. The molecule has 0 heterocycles. The van der Waals surface area contributed by atoms with E-state index >= 15 is 0 Å². The van der Waals surface area contributed by atoms with Gasteiger partial charge in [-0.1, -0.05) is 52.9 Å². The third-order valence-electron chi connectivity index (χ3n) is 3.92. The Balaban J connectivity index is 3.99. The van der Waals surface area contributed by atoms with Crippen LogP contribution in [0.1, 0.15) is 78.6 Å². The van der Waals surface area contributed by atoms with Crippen LogP contribution >= 0.6 is 0 Å². The van der Waals surface area contributed by atoms with Crippen LogP contribution < -0.4 is 0 Å². The first-order valence-electron chi connectivity index (χ1n) is 7.90. The Kier molecular flexibility index (Phi) is 10.9. The molecule has 0 bridgehead atoms. The zero-order chi connectivity index (χ0) is 14.6. The third-order valence-corrected chi connectivity index (χ3v) is 3.92. The molecule has 0 radical (unpaired) electrons. The normalized spacial score (nSPS) is 14.1. The van der Waals surface area contributed by atoms with Crippen molar-refractivity contribution in [2.45, 2.75) is 78.6 Å². The topological polar surface area (TPSA) is 46.5 Å². The maximum atomic E-state index is 11.7. The van der Waals surface area contributed by atoms with Crippen molar-refractivity contribution in [3.8, 4) is 0 Å². The summed E-state index contributed by atoms with van der Waals surface area (Å²) in [4.78, 5) is 11.7. The Morgan fingerprint density at radius 3 is 2.26 bits per heavy atom. The van der Waals surface area contributed by atoms with E-state index < -0.39 is 0 Å². The molecule has 0 aliphatic heterocycles. The van der Waals surface area contributed by atoms with Gasteiger partial charge in [-0.15, -0.1) is 0 Å². The van der Waals surface area contributed by atoms with Crippen molar-refractivity contribution in [1.29, 1.82) is 0 Å². The zero-order valence-corrected chi connectivity index (χ0v) is 13.0. The van der Waals surface area contributed by atoms with Gasteiger partial charge in [-0.2, -0.15) is 0 Å². The molecule has 0 saturated carbocycles. The molecule has 3 nitrogen and oxygen atoms in total. The average Bonchev–Trinajstić information content (AvgIpc) is 2.44. The number of hydrogen-bond acceptors (Lipinski definition) is 3. The molecule has 1 atom stereocenters. The first-order chi connectivity index (χ1) is 9.14. The smallest absolute Gasteiger partial charge is 0.305 e. The average molecular weight is 272 g/mol. The van der Waals surface area contributed by atoms with E-state index in [0.29, 0.717) is 13.0 Å². The van der Waals surface area contributed by atoms with Gasteiger partial charge in [0.1, 0.15) is 0 Å². The molecule has 0 aromatic rings. The number of aliphatic hydroxyl groups is 1. The first kappa shape index (κ1) is 18.4. The van der Waals surface area contributed by atoms with Gasteiger partial charge in [0, 0.05) is 11.8 Å². The summed E-state index contributed by atoms with van der Waals surface area (Å²) in [5.41, 5.74) is -0.227. The second-order valence-corrected chi connectivity index (χ2v) is 5.59. The summed E-state index contributed by atoms with van der Waals surface area (Å²) in [6.45, 7) is 6.82. The highest BCUT2D eigenvalue weighted by Crippen LogP contribution is 2.29. The van der Waals surface area contributed by atoms with Crippen molar-refractivity contribution < 1.29 is 14.6 Å². The zero-order valence-electron chi connectivity index (χ0n) is 13.0. The molecule has 19 heavy (non-hydrogen) atoms. The van der Waals surface area contributed by atoms with Crippen LogP contribution in [-0.2, 0) is 9.53 Å². The van der Waals surface area contributed by atoms with Crippen molar-refractivity contribution in [3.63, 3.8) is 0 Å². The lowest BCUT2D eigenvalue weighted by Crippen LogP contribution is -2.31. The third kappa shape index (κ3) is 8.25. The Hall–Kier alpha value is -0.570. The predicted octanol–water partition coefficient (Wildman–Crippen LogP) is 4.08. The summed E-state index contributed by atoms with van der Waals surface area (Å²) in [7, 11) is 0. The van der Waals surface area contributed by atoms with Crippen LogP contribution in [-0.4, -0.2) is 24.3 Å². The van der Waals surface area contributed by atoms with Crippen molar-refractivity contribution in [2.75, 3.05) is 13.2 Å². The van der Waals surface area contributed by atoms with Crippen LogP contribution in [0.3, 0.4) is 0 Å². The van der Waals surface area contributed by atoms with E-state index in [1.165, 1.54) is 12.8 Å². The first-order valence-corrected chi connectivity index (χ1v) is 7.90. The number of ether oxygens (including phenoxy) is 1. The molecular formula is C16H32O3. The van der Waals surface area contributed by atoms with Crippen LogP contribution in [0.25, 0.3) is 0 Å². The fourth-order valence-electron chi connectivity index (χ4n) is 2.14. The van der Waals surface area contributed by atoms with E-state index in [2.05, 4.69) is 20.8 Å². The number of rotatable bonds is 12. The lowest BCUT2D eigenvalue weighted by Gasteiger charge is -2.30. The van der Waals surface area contributed by atoms with Gasteiger partial charge in [0.05, 0.1) is 13.2 Å². The Labute approximate surface area is 118 Å². The molecule has 0 fully saturated rings. The van der Waals surface area contributed by atoms with Crippen molar-refractivity contribution in [2.24, 2.45) is 5.41 Å². The largest absolute Gasteiger partial charge is 0.465 e. The number of hydrogen-bond donors (Lipinski definition) is 1. The second kappa shape index (κ2) is 11.3. The molecule has 0 spiro atoms. The molecule has 0 amide bonds. The fraction of sp³-hybridized carbons (Fsp3) is 0.938. The molecule has 0 rings (SSSR count). The van der Waals surface area contributed by atoms with Gasteiger partial charge in [0.25, 0.3) is 0 Å². The van der Waals surface area contributed by atoms with E-state index in [9.17, 15) is 9.90 Å². The highest BCUT2D eigenvalue weighted by atomic mass is 16.5. The van der Waals surface area contributed by atoms with E-state index in [1.54, 1.807) is 0 Å². The SMILES string of the molecule is CCCCCCC(=O)OCC(CC)(CO)CCCC. The Bertz CT molecular complexity index is 222. The van der Waals surface area contributed by atoms with Crippen molar-refractivity contribution >= 4 is 5.97 Å². The van der Waals surface area contributed by atoms with Gasteiger partial charge < -0.3 is 9.84 Å². The van der Waals surface area contributed by atoms with E-state index in [1.807, 2.05) is 0 Å². The number of unbranched alkanes of at least 4 members (excludes halogenated alkanes) is 4. The van der Waals surface area contributed by atoms with Crippen LogP contribution in [0.4, 0.5) is 0 Å². The number of carbonyl (C=O) groups is 1. The molecule has 0 aliphatic rings. The van der Waals surface area contributed by atoms with Crippen molar-refractivity contribution in [1.82, 2.24) is 0 Å². The Morgan fingerprint density at radius 1 is 1.05 bits per heavy atom. The molecule has 1 N–H and O–H groups in total. The van der Waals surface area contributed by atoms with Gasteiger partial charge in [0.15, 0.2) is 0 Å². The minimum atomic E-state index is -0.227. The van der Waals surface area contributed by atoms with Crippen LogP contribution in [0.2, 0.25) is 0 Å². The monoisotopic (exact) mass is 272 g/mol. The quantitative estimate of drug-likeness (QED) is 0.430. The molecular weight excluding hydrogens is 240 g/mol. The van der Waals surface area contributed by atoms with E-state index in [0.717, 1.165) is 38.5 Å². The second-order valence-electron chi connectivity index (χ2n) is 5.59. The summed E-state index contributed by atoms with van der Waals surface area (Å²) in [6.07, 6.45) is 8.84. The molecule has 0 saturated heterocycles. The predicted molar refractivity (Wildman–Crippen MR) is 79.1 cm³/mol. The molecule has 114 valence electrons. The summed E-state index contributed by atoms with van der Waals surface area (Å²) in [5, 5.41) is 9.57. The molecule has 1 unspecified atom stereocenters. The number of esters is 1. The lowest BCUT2D eigenvalue weighted by atomic mass is 9.82. The van der Waals surface area contributed by atoms with Gasteiger partial charge >= 0.3 is 5.97 Å². The maximum Gasteiger partial charge on any atom is 0.305 e. The lowest BCUT2D eigenvalue weighted by molar-refractivity contribution is -0.148. The standard InChI is InChI=1S/C16H32O3/c1-4-7-9-10-11-15(18)19-14-16(6-3,13-17)12-8-5-2/h17H,4-14H2,1-3H3. The van der Waals surface area contributed by atoms with E-state index in [-0.39, 0.29) is 18.0 Å². The highest BCUT2D eigenvalue weighted by Gasteiger charge is 2.28. The van der Waals surface area contributed by atoms with Crippen LogP contribution in [0.15, 0.2) is 0 Å². The highest BCUT2D eigenvalue weighted by molar-refractivity contribution is 5.69. The minimum absolute atomic E-state index is 0.104. The fourth-order valence-corrected chi connectivity index (χ4v) is 2.14. The van der Waals surface area contributed by atoms with Crippen molar-refractivity contribution in [3.05, 3.63) is 0 Å². The summed E-state index contributed by atoms with van der Waals surface area (Å²) in [6, 6.07) is 0. The van der Waals surface area contributed by atoms with Crippen LogP contribution in [0, 0.1) is 5.41 Å². The summed E-state index contributed by atoms with van der Waals surface area (Å²) in [5.74, 6) is -0.112. The van der Waals surface area contributed by atoms with Gasteiger partial charge in [-0.25, -0.2) is 0 Å². The van der Waals surface area contributed by atoms with E-state index in [4.69, 9.17) is 4.74 Å². The number of carbonyl (C=O) groups excluding carboxylic acids is 1.